The largest absolute Gasteiger partial charge is 0.355 e. The van der Waals surface area contributed by atoms with E-state index in [4.69, 9.17) is 23.2 Å². The highest BCUT2D eigenvalue weighted by Gasteiger charge is 2.15. The first kappa shape index (κ1) is 20.8. The zero-order valence-corrected chi connectivity index (χ0v) is 18.0. The average Bonchev–Trinajstić information content (AvgIpc) is 2.79. The van der Waals surface area contributed by atoms with Crippen molar-refractivity contribution in [2.24, 2.45) is 0 Å². The second kappa shape index (κ2) is 8.76. The van der Waals surface area contributed by atoms with E-state index in [-0.39, 0.29) is 16.5 Å². The van der Waals surface area contributed by atoms with Gasteiger partial charge in [0.1, 0.15) is 0 Å². The molecule has 0 spiro atoms. The molecule has 0 saturated heterocycles. The summed E-state index contributed by atoms with van der Waals surface area (Å²) in [6.07, 6.45) is 1.73. The van der Waals surface area contributed by atoms with Gasteiger partial charge in [-0.1, -0.05) is 47.5 Å². The van der Waals surface area contributed by atoms with Crippen molar-refractivity contribution in [1.29, 1.82) is 0 Å². The first-order valence-electron chi connectivity index (χ1n) is 9.44. The summed E-state index contributed by atoms with van der Waals surface area (Å²) < 4.78 is 0. The zero-order chi connectivity index (χ0) is 22.0. The van der Waals surface area contributed by atoms with Crippen LogP contribution in [0.4, 0.5) is 5.69 Å². The highest BCUT2D eigenvalue weighted by Crippen LogP contribution is 2.34. The fourth-order valence-corrected chi connectivity index (χ4v) is 3.78. The van der Waals surface area contributed by atoms with Gasteiger partial charge in [-0.2, -0.15) is 0 Å². The van der Waals surface area contributed by atoms with Crippen LogP contribution in [0.15, 0.2) is 72.9 Å². The fourth-order valence-electron chi connectivity index (χ4n) is 3.30. The van der Waals surface area contributed by atoms with Crippen LogP contribution in [0.1, 0.15) is 20.7 Å². The highest BCUT2D eigenvalue weighted by atomic mass is 35.5. The van der Waals surface area contributed by atoms with Crippen molar-refractivity contribution in [3.8, 4) is 11.3 Å². The molecule has 3 aromatic carbocycles. The lowest BCUT2D eigenvalue weighted by molar-refractivity contribution is 0.0961. The van der Waals surface area contributed by atoms with Crippen LogP contribution < -0.4 is 10.6 Å². The second-order valence-electron chi connectivity index (χ2n) is 6.80. The number of hydrogen-bond acceptors (Lipinski definition) is 3. The van der Waals surface area contributed by atoms with Crippen molar-refractivity contribution in [2.75, 3.05) is 12.4 Å². The lowest BCUT2D eigenvalue weighted by Crippen LogP contribution is -2.18. The number of amides is 2. The number of carbonyl (C=O) groups is 2. The Kier molecular flexibility index (Phi) is 5.89. The van der Waals surface area contributed by atoms with Crippen LogP contribution in [0, 0.1) is 0 Å². The van der Waals surface area contributed by atoms with Gasteiger partial charge in [-0.3, -0.25) is 14.6 Å². The van der Waals surface area contributed by atoms with Gasteiger partial charge >= 0.3 is 0 Å². The Morgan fingerprint density at radius 3 is 2.45 bits per heavy atom. The van der Waals surface area contributed by atoms with E-state index in [1.54, 1.807) is 30.5 Å². The first-order valence-corrected chi connectivity index (χ1v) is 10.2. The summed E-state index contributed by atoms with van der Waals surface area (Å²) in [4.78, 5) is 29.0. The van der Waals surface area contributed by atoms with E-state index in [1.807, 2.05) is 30.3 Å². The number of rotatable bonds is 4. The maximum absolute atomic E-state index is 12.8. The van der Waals surface area contributed by atoms with Crippen molar-refractivity contribution < 1.29 is 9.59 Å². The molecule has 5 nitrogen and oxygen atoms in total. The third kappa shape index (κ3) is 4.24. The molecule has 4 rings (SSSR count). The molecule has 0 bridgehead atoms. The van der Waals surface area contributed by atoms with E-state index in [0.29, 0.717) is 21.8 Å². The molecule has 31 heavy (non-hydrogen) atoms. The van der Waals surface area contributed by atoms with Gasteiger partial charge in [-0.25, -0.2) is 0 Å². The van der Waals surface area contributed by atoms with E-state index in [9.17, 15) is 9.59 Å². The predicted octanol–water partition coefficient (Wildman–Crippen LogP) is 5.82. The monoisotopic (exact) mass is 449 g/mol. The number of benzene rings is 3. The van der Waals surface area contributed by atoms with Gasteiger partial charge in [0.25, 0.3) is 11.8 Å². The average molecular weight is 450 g/mol. The van der Waals surface area contributed by atoms with Gasteiger partial charge in [0.2, 0.25) is 0 Å². The molecule has 0 unspecified atom stereocenters. The van der Waals surface area contributed by atoms with Crippen molar-refractivity contribution in [3.63, 3.8) is 0 Å². The van der Waals surface area contributed by atoms with Gasteiger partial charge in [0, 0.05) is 35.4 Å². The Hall–Kier alpha value is -3.41. The van der Waals surface area contributed by atoms with E-state index in [1.165, 1.54) is 19.2 Å². The smallest absolute Gasteiger partial charge is 0.257 e. The lowest BCUT2D eigenvalue weighted by atomic mass is 10.0. The van der Waals surface area contributed by atoms with Gasteiger partial charge in [-0.05, 0) is 47.9 Å². The maximum Gasteiger partial charge on any atom is 0.257 e. The van der Waals surface area contributed by atoms with Crippen molar-refractivity contribution in [2.45, 2.75) is 0 Å². The predicted molar refractivity (Wildman–Crippen MR) is 125 cm³/mol. The maximum atomic E-state index is 12.8. The molecule has 2 N–H and O–H groups in total. The Morgan fingerprint density at radius 1 is 0.871 bits per heavy atom. The normalized spacial score (nSPS) is 10.7. The standard InChI is InChI=1S/C24H17Cl2N3O2/c1-27-23(30)15-6-8-18(21(26)12-15)24(31)29-16-7-9-20(25)19(13-16)22-17-5-3-2-4-14(17)10-11-28-22/h2-13H,1H3,(H,27,30)(H,29,31). The Bertz CT molecular complexity index is 1320. The molecule has 0 radical (unpaired) electrons. The third-order valence-electron chi connectivity index (χ3n) is 4.86. The minimum Gasteiger partial charge on any atom is -0.355 e. The number of nitrogens with one attached hydrogen (secondary N) is 2. The van der Waals surface area contributed by atoms with E-state index in [0.717, 1.165) is 16.5 Å². The third-order valence-corrected chi connectivity index (χ3v) is 5.50. The van der Waals surface area contributed by atoms with Crippen LogP contribution in [-0.2, 0) is 0 Å². The Morgan fingerprint density at radius 2 is 1.68 bits per heavy atom. The first-order chi connectivity index (χ1) is 15.0. The van der Waals surface area contributed by atoms with Gasteiger partial charge in [-0.15, -0.1) is 0 Å². The van der Waals surface area contributed by atoms with E-state index >= 15 is 0 Å². The van der Waals surface area contributed by atoms with Crippen LogP contribution in [0.2, 0.25) is 10.0 Å². The molecule has 0 fully saturated rings. The second-order valence-corrected chi connectivity index (χ2v) is 7.62. The number of carbonyl (C=O) groups excluding carboxylic acids is 2. The number of nitrogens with zero attached hydrogens (tertiary/aromatic N) is 1. The molecule has 0 aliphatic carbocycles. The van der Waals surface area contributed by atoms with Crippen LogP contribution >= 0.6 is 23.2 Å². The summed E-state index contributed by atoms with van der Waals surface area (Å²) >= 11 is 12.7. The topological polar surface area (TPSA) is 71.1 Å². The SMILES string of the molecule is CNC(=O)c1ccc(C(=O)Nc2ccc(Cl)c(-c3nccc4ccccc34)c2)c(Cl)c1. The molecule has 0 aliphatic rings. The van der Waals surface area contributed by atoms with Crippen LogP contribution in [0.3, 0.4) is 0 Å². The van der Waals surface area contributed by atoms with Crippen LogP contribution in [0.25, 0.3) is 22.0 Å². The summed E-state index contributed by atoms with van der Waals surface area (Å²) in [5, 5.41) is 8.07. The zero-order valence-electron chi connectivity index (χ0n) is 16.4. The highest BCUT2D eigenvalue weighted by molar-refractivity contribution is 6.35. The van der Waals surface area contributed by atoms with Crippen molar-refractivity contribution in [1.82, 2.24) is 10.3 Å². The minimum atomic E-state index is -0.396. The van der Waals surface area contributed by atoms with E-state index in [2.05, 4.69) is 15.6 Å². The van der Waals surface area contributed by atoms with Gasteiger partial charge in [0.15, 0.2) is 0 Å². The summed E-state index contributed by atoms with van der Waals surface area (Å²) in [5.74, 6) is -0.675. The molecule has 0 saturated carbocycles. The molecule has 1 heterocycles. The minimum absolute atomic E-state index is 0.184. The number of anilines is 1. The molecule has 1 aromatic heterocycles. The Balaban J connectivity index is 1.66. The Labute approximate surface area is 189 Å². The fraction of sp³-hybridized carbons (Fsp3) is 0.0417. The van der Waals surface area contributed by atoms with Crippen LogP contribution in [0.5, 0.6) is 0 Å². The summed E-state index contributed by atoms with van der Waals surface area (Å²) in [6.45, 7) is 0. The number of pyridine rings is 1. The molecule has 154 valence electrons. The number of halogens is 2. The van der Waals surface area contributed by atoms with E-state index < -0.39 is 5.91 Å². The summed E-state index contributed by atoms with van der Waals surface area (Å²) in [7, 11) is 1.53. The van der Waals surface area contributed by atoms with Crippen LogP contribution in [-0.4, -0.2) is 23.8 Å². The molecule has 0 aliphatic heterocycles. The summed E-state index contributed by atoms with van der Waals surface area (Å²) in [6, 6.07) is 19.6. The molecule has 7 heteroatoms. The summed E-state index contributed by atoms with van der Waals surface area (Å²) in [5.41, 5.74) is 2.61. The quantitative estimate of drug-likeness (QED) is 0.412. The van der Waals surface area contributed by atoms with Gasteiger partial charge in [0.05, 0.1) is 21.3 Å². The van der Waals surface area contributed by atoms with Gasteiger partial charge < -0.3 is 10.6 Å². The molecule has 4 aromatic rings. The number of aromatic nitrogens is 1. The number of hydrogen-bond donors (Lipinski definition) is 2. The lowest BCUT2D eigenvalue weighted by Gasteiger charge is -2.12. The van der Waals surface area contributed by atoms with Crippen molar-refractivity contribution in [3.05, 3.63) is 94.1 Å². The van der Waals surface area contributed by atoms with Crippen molar-refractivity contribution >= 4 is 51.5 Å². The molecular formula is C24H17Cl2N3O2. The molecule has 2 amide bonds. The molecule has 0 atom stereocenters. The molecular weight excluding hydrogens is 433 g/mol. The number of fused-ring (bicyclic) bond motifs is 1.